The van der Waals surface area contributed by atoms with Gasteiger partial charge in [-0.3, -0.25) is 9.69 Å². The van der Waals surface area contributed by atoms with Gasteiger partial charge in [0.25, 0.3) is 5.91 Å². The van der Waals surface area contributed by atoms with Gasteiger partial charge in [-0.25, -0.2) is 4.98 Å². The fourth-order valence-corrected chi connectivity index (χ4v) is 2.02. The van der Waals surface area contributed by atoms with Gasteiger partial charge in [0.1, 0.15) is 0 Å². The number of aliphatic hydroxyl groups excluding tert-OH is 1. The van der Waals surface area contributed by atoms with E-state index in [9.17, 15) is 9.90 Å². The fourth-order valence-electron chi connectivity index (χ4n) is 2.02. The molecule has 94 valence electrons. The summed E-state index contributed by atoms with van der Waals surface area (Å²) in [5.41, 5.74) is 0.550. The molecule has 0 spiro atoms. The van der Waals surface area contributed by atoms with E-state index >= 15 is 0 Å². The van der Waals surface area contributed by atoms with Crippen molar-refractivity contribution < 1.29 is 9.90 Å². The monoisotopic (exact) mass is 238 g/mol. The van der Waals surface area contributed by atoms with Gasteiger partial charge in [-0.15, -0.1) is 0 Å². The number of hydrogen-bond acceptors (Lipinski definition) is 4. The summed E-state index contributed by atoms with van der Waals surface area (Å²) in [5, 5.41) is 9.84. The van der Waals surface area contributed by atoms with E-state index in [1.807, 2.05) is 4.57 Å². The Morgan fingerprint density at radius 1 is 1.41 bits per heavy atom. The van der Waals surface area contributed by atoms with Crippen LogP contribution in [0.2, 0.25) is 0 Å². The Labute approximate surface area is 100 Å². The molecule has 1 atom stereocenters. The zero-order chi connectivity index (χ0) is 12.7. The van der Waals surface area contributed by atoms with Crippen molar-refractivity contribution in [1.82, 2.24) is 14.5 Å². The van der Waals surface area contributed by atoms with Gasteiger partial charge >= 0.3 is 0 Å². The number of carbonyl (C=O) groups is 1. The molecule has 0 aliphatic carbocycles. The van der Waals surface area contributed by atoms with Crippen molar-refractivity contribution in [3.8, 4) is 0 Å². The second-order valence-electron chi connectivity index (χ2n) is 4.84. The number of hydrogen-bond donors (Lipinski definition) is 1. The van der Waals surface area contributed by atoms with Gasteiger partial charge in [-0.05, 0) is 5.92 Å². The molecule has 1 aliphatic heterocycles. The van der Waals surface area contributed by atoms with Crippen LogP contribution in [0, 0.1) is 5.92 Å². The Morgan fingerprint density at radius 2 is 2.06 bits per heavy atom. The molecule has 1 aromatic heterocycles. The highest BCUT2D eigenvalue weighted by molar-refractivity contribution is 5.99. The van der Waals surface area contributed by atoms with Gasteiger partial charge < -0.3 is 14.6 Å². The Morgan fingerprint density at radius 3 is 2.65 bits per heavy atom. The summed E-state index contributed by atoms with van der Waals surface area (Å²) in [6.45, 7) is 4.91. The van der Waals surface area contributed by atoms with Gasteiger partial charge in [0.05, 0.1) is 6.33 Å². The molecule has 17 heavy (non-hydrogen) atoms. The second-order valence-corrected chi connectivity index (χ2v) is 4.84. The van der Waals surface area contributed by atoms with Gasteiger partial charge in [0.15, 0.2) is 11.5 Å². The van der Waals surface area contributed by atoms with E-state index in [4.69, 9.17) is 0 Å². The second kappa shape index (κ2) is 4.03. The minimum atomic E-state index is -0.947. The normalized spacial score (nSPS) is 20.1. The van der Waals surface area contributed by atoms with Gasteiger partial charge in [-0.2, -0.15) is 0 Å². The molecule has 0 radical (unpaired) electrons. The van der Waals surface area contributed by atoms with Crippen molar-refractivity contribution in [3.63, 3.8) is 0 Å². The zero-order valence-electron chi connectivity index (χ0n) is 10.6. The highest BCUT2D eigenvalue weighted by Gasteiger charge is 2.36. The van der Waals surface area contributed by atoms with E-state index in [0.29, 0.717) is 17.4 Å². The third-order valence-corrected chi connectivity index (χ3v) is 2.93. The van der Waals surface area contributed by atoms with Gasteiger partial charge in [0, 0.05) is 20.6 Å². The predicted octanol–water partition coefficient (Wildman–Crippen LogP) is 0.337. The molecule has 2 rings (SSSR count). The van der Waals surface area contributed by atoms with Crippen LogP contribution in [0.4, 0.5) is 5.82 Å². The molecule has 6 heteroatoms. The van der Waals surface area contributed by atoms with Crippen molar-refractivity contribution in [2.75, 3.05) is 19.0 Å². The van der Waals surface area contributed by atoms with Crippen molar-refractivity contribution in [1.29, 1.82) is 0 Å². The number of imidazole rings is 1. The lowest BCUT2D eigenvalue weighted by Gasteiger charge is -2.36. The number of carbonyl (C=O) groups excluding carboxylic acids is 1. The molecule has 1 aliphatic rings. The Bertz CT molecular complexity index is 441. The first-order valence-electron chi connectivity index (χ1n) is 5.66. The topological polar surface area (TPSA) is 61.6 Å². The third kappa shape index (κ3) is 1.78. The van der Waals surface area contributed by atoms with Gasteiger partial charge in [-0.1, -0.05) is 13.8 Å². The number of anilines is 1. The van der Waals surface area contributed by atoms with Crippen LogP contribution in [0.15, 0.2) is 6.33 Å². The standard InChI is InChI=1S/C11H18N4O2/c1-7(2)5-15-6-12-9-8(15)10(16)14(4)11(17)13(9)3/h6-7,11,17H,5H2,1-4H3. The molecule has 0 bridgehead atoms. The van der Waals surface area contributed by atoms with Gasteiger partial charge in [0.2, 0.25) is 6.35 Å². The zero-order valence-corrected chi connectivity index (χ0v) is 10.6. The van der Waals surface area contributed by atoms with E-state index in [2.05, 4.69) is 18.8 Å². The van der Waals surface area contributed by atoms with Crippen LogP contribution >= 0.6 is 0 Å². The largest absolute Gasteiger partial charge is 0.356 e. The molecule has 0 saturated heterocycles. The van der Waals surface area contributed by atoms with Crippen LogP contribution in [0.1, 0.15) is 24.3 Å². The van der Waals surface area contributed by atoms with Crippen molar-refractivity contribution in [2.45, 2.75) is 26.7 Å². The summed E-state index contributed by atoms with van der Waals surface area (Å²) in [4.78, 5) is 19.2. The van der Waals surface area contributed by atoms with E-state index < -0.39 is 6.35 Å². The highest BCUT2D eigenvalue weighted by atomic mass is 16.3. The molecule has 6 nitrogen and oxygen atoms in total. The van der Waals surface area contributed by atoms with Crippen molar-refractivity contribution in [3.05, 3.63) is 12.0 Å². The maximum Gasteiger partial charge on any atom is 0.277 e. The Balaban J connectivity index is 2.45. The van der Waals surface area contributed by atoms with Crippen LogP contribution < -0.4 is 4.90 Å². The maximum atomic E-state index is 12.1. The lowest BCUT2D eigenvalue weighted by molar-refractivity contribution is 0.0151. The first-order valence-corrected chi connectivity index (χ1v) is 5.66. The predicted molar refractivity (Wildman–Crippen MR) is 63.6 cm³/mol. The van der Waals surface area contributed by atoms with E-state index in [1.165, 1.54) is 4.90 Å². The quantitative estimate of drug-likeness (QED) is 0.807. The molecule has 1 unspecified atom stereocenters. The van der Waals surface area contributed by atoms with Crippen LogP contribution in [-0.4, -0.2) is 45.9 Å². The Hall–Kier alpha value is -1.56. The summed E-state index contributed by atoms with van der Waals surface area (Å²) in [7, 11) is 3.30. The first kappa shape index (κ1) is 11.9. The van der Waals surface area contributed by atoms with Crippen LogP contribution in [0.5, 0.6) is 0 Å². The molecule has 0 aromatic carbocycles. The summed E-state index contributed by atoms with van der Waals surface area (Å²) in [6, 6.07) is 0. The molecule has 1 amide bonds. The average Bonchev–Trinajstić information content (AvgIpc) is 2.66. The van der Waals surface area contributed by atoms with Crippen molar-refractivity contribution in [2.24, 2.45) is 5.92 Å². The minimum absolute atomic E-state index is 0.191. The summed E-state index contributed by atoms with van der Waals surface area (Å²) < 4.78 is 1.85. The lowest BCUT2D eigenvalue weighted by atomic mass is 10.2. The lowest BCUT2D eigenvalue weighted by Crippen LogP contribution is -2.52. The highest BCUT2D eigenvalue weighted by Crippen LogP contribution is 2.27. The third-order valence-electron chi connectivity index (χ3n) is 2.93. The van der Waals surface area contributed by atoms with E-state index in [0.717, 1.165) is 6.54 Å². The smallest absolute Gasteiger partial charge is 0.277 e. The Kier molecular flexibility index (Phi) is 2.82. The van der Waals surface area contributed by atoms with Crippen LogP contribution in [0.3, 0.4) is 0 Å². The SMILES string of the molecule is CC(C)Cn1cnc2c1C(=O)N(C)C(O)N2C. The van der Waals surface area contributed by atoms with Crippen molar-refractivity contribution >= 4 is 11.7 Å². The number of rotatable bonds is 2. The number of nitrogens with zero attached hydrogens (tertiary/aromatic N) is 4. The fraction of sp³-hybridized carbons (Fsp3) is 0.636. The molecular formula is C11H18N4O2. The number of aromatic nitrogens is 2. The number of aliphatic hydroxyl groups is 1. The molecule has 0 saturated carbocycles. The molecule has 1 N–H and O–H groups in total. The molecular weight excluding hydrogens is 220 g/mol. The number of fused-ring (bicyclic) bond motifs is 1. The molecule has 0 fully saturated rings. The molecule has 2 heterocycles. The van der Waals surface area contributed by atoms with E-state index in [1.54, 1.807) is 25.3 Å². The summed E-state index contributed by atoms with van der Waals surface area (Å²) in [6.07, 6.45) is 0.711. The first-order chi connectivity index (χ1) is 7.93. The minimum Gasteiger partial charge on any atom is -0.356 e. The number of amides is 1. The maximum absolute atomic E-state index is 12.1. The summed E-state index contributed by atoms with van der Waals surface area (Å²) >= 11 is 0. The average molecular weight is 238 g/mol. The van der Waals surface area contributed by atoms with Crippen LogP contribution in [0.25, 0.3) is 0 Å². The molecule has 1 aromatic rings. The van der Waals surface area contributed by atoms with Crippen LogP contribution in [-0.2, 0) is 6.54 Å². The van der Waals surface area contributed by atoms with E-state index in [-0.39, 0.29) is 5.91 Å². The summed E-state index contributed by atoms with van der Waals surface area (Å²) in [5.74, 6) is 0.786.